The van der Waals surface area contributed by atoms with Gasteiger partial charge in [0.25, 0.3) is 0 Å². The van der Waals surface area contributed by atoms with E-state index in [1.54, 1.807) is 0 Å². The van der Waals surface area contributed by atoms with E-state index in [1.165, 1.54) is 11.1 Å². The van der Waals surface area contributed by atoms with Crippen molar-refractivity contribution >= 4 is 0 Å². The highest BCUT2D eigenvalue weighted by atomic mass is 15.3. The zero-order valence-electron chi connectivity index (χ0n) is 12.8. The van der Waals surface area contributed by atoms with Gasteiger partial charge < -0.3 is 5.73 Å². The van der Waals surface area contributed by atoms with Gasteiger partial charge in [0, 0.05) is 30.6 Å². The van der Waals surface area contributed by atoms with Crippen LogP contribution in [0, 0.1) is 0 Å². The molecule has 0 saturated carbocycles. The Kier molecular flexibility index (Phi) is 4.09. The molecule has 2 aromatic rings. The predicted octanol–water partition coefficient (Wildman–Crippen LogP) is 3.39. The van der Waals surface area contributed by atoms with Crippen molar-refractivity contribution in [2.45, 2.75) is 44.4 Å². The first-order valence-electron chi connectivity index (χ1n) is 7.78. The summed E-state index contributed by atoms with van der Waals surface area (Å²) in [6.07, 6.45) is 0. The summed E-state index contributed by atoms with van der Waals surface area (Å²) in [5, 5.41) is 0. The number of nitrogens with two attached hydrogens (primary N) is 1. The number of rotatable bonds is 4. The van der Waals surface area contributed by atoms with Gasteiger partial charge in [-0.15, -0.1) is 0 Å². The minimum absolute atomic E-state index is 0.176. The molecule has 2 nitrogen and oxygen atoms in total. The number of likely N-dealkylation sites (tertiary alicyclic amines) is 1. The van der Waals surface area contributed by atoms with Crippen LogP contribution in [0.1, 0.15) is 30.9 Å². The third-order valence-corrected chi connectivity index (χ3v) is 4.72. The van der Waals surface area contributed by atoms with E-state index < -0.39 is 0 Å². The third kappa shape index (κ3) is 2.74. The average molecular weight is 280 g/mol. The van der Waals surface area contributed by atoms with Crippen LogP contribution in [-0.4, -0.2) is 23.0 Å². The summed E-state index contributed by atoms with van der Waals surface area (Å²) in [5.74, 6) is 0.537. The summed E-state index contributed by atoms with van der Waals surface area (Å²) >= 11 is 0. The Hall–Kier alpha value is -1.64. The van der Waals surface area contributed by atoms with Crippen molar-refractivity contribution < 1.29 is 0 Å². The molecule has 0 amide bonds. The fourth-order valence-electron chi connectivity index (χ4n) is 3.69. The van der Waals surface area contributed by atoms with Gasteiger partial charge >= 0.3 is 0 Å². The molecule has 1 fully saturated rings. The fraction of sp³-hybridized carbons (Fsp3) is 0.368. The van der Waals surface area contributed by atoms with Gasteiger partial charge in [0.1, 0.15) is 0 Å². The van der Waals surface area contributed by atoms with Crippen molar-refractivity contribution in [1.29, 1.82) is 0 Å². The lowest BCUT2D eigenvalue weighted by atomic mass is 9.73. The van der Waals surface area contributed by atoms with Gasteiger partial charge in [0.2, 0.25) is 0 Å². The minimum atomic E-state index is 0.176. The largest absolute Gasteiger partial charge is 0.327 e. The van der Waals surface area contributed by atoms with E-state index in [4.69, 9.17) is 5.73 Å². The maximum Gasteiger partial charge on any atom is 0.0334 e. The zero-order chi connectivity index (χ0) is 14.8. The number of benzene rings is 2. The quantitative estimate of drug-likeness (QED) is 0.930. The molecule has 3 rings (SSSR count). The lowest BCUT2D eigenvalue weighted by molar-refractivity contribution is -0.0233. The van der Waals surface area contributed by atoms with Gasteiger partial charge in [-0.25, -0.2) is 0 Å². The molecule has 4 atom stereocenters. The molecule has 2 heteroatoms. The molecule has 0 bridgehead atoms. The van der Waals surface area contributed by atoms with Crippen LogP contribution in [0.2, 0.25) is 0 Å². The highest BCUT2D eigenvalue weighted by Gasteiger charge is 2.47. The van der Waals surface area contributed by atoms with Gasteiger partial charge in [0.15, 0.2) is 0 Å². The standard InChI is InChI=1S/C19H24N2/c1-14(20)19-18(17-11-7-4-8-12-17)15(2)21(19)13-16-9-5-3-6-10-16/h3-12,14-15,18-19H,13,20H2,1-2H3/t14-,15-,18-,19-/m0/s1. The number of hydrogen-bond acceptors (Lipinski definition) is 2. The molecule has 0 radical (unpaired) electrons. The first kappa shape index (κ1) is 14.3. The molecule has 2 aromatic carbocycles. The Morgan fingerprint density at radius 2 is 1.57 bits per heavy atom. The van der Waals surface area contributed by atoms with Gasteiger partial charge in [0.05, 0.1) is 0 Å². The smallest absolute Gasteiger partial charge is 0.0334 e. The highest BCUT2D eigenvalue weighted by molar-refractivity contribution is 5.29. The van der Waals surface area contributed by atoms with E-state index in [2.05, 4.69) is 79.4 Å². The molecule has 1 saturated heterocycles. The first-order chi connectivity index (χ1) is 10.2. The summed E-state index contributed by atoms with van der Waals surface area (Å²) < 4.78 is 0. The summed E-state index contributed by atoms with van der Waals surface area (Å²) in [6.45, 7) is 5.43. The molecule has 0 unspecified atom stereocenters. The Bertz CT molecular complexity index is 565. The van der Waals surface area contributed by atoms with E-state index in [0.717, 1.165) is 6.54 Å². The Morgan fingerprint density at radius 3 is 2.14 bits per heavy atom. The van der Waals surface area contributed by atoms with Crippen LogP contribution >= 0.6 is 0 Å². The van der Waals surface area contributed by atoms with E-state index in [-0.39, 0.29) is 6.04 Å². The maximum atomic E-state index is 6.29. The molecule has 110 valence electrons. The summed E-state index contributed by atoms with van der Waals surface area (Å²) in [7, 11) is 0. The van der Waals surface area contributed by atoms with Gasteiger partial charge in [-0.05, 0) is 25.0 Å². The second kappa shape index (κ2) is 6.00. The Balaban J connectivity index is 1.80. The topological polar surface area (TPSA) is 29.3 Å². The number of nitrogens with zero attached hydrogens (tertiary/aromatic N) is 1. The van der Waals surface area contributed by atoms with Crippen molar-refractivity contribution in [2.24, 2.45) is 5.73 Å². The Labute approximate surface area is 127 Å². The van der Waals surface area contributed by atoms with Crippen molar-refractivity contribution in [3.8, 4) is 0 Å². The third-order valence-electron chi connectivity index (χ3n) is 4.72. The van der Waals surface area contributed by atoms with E-state index in [9.17, 15) is 0 Å². The van der Waals surface area contributed by atoms with Gasteiger partial charge in [-0.1, -0.05) is 60.7 Å². The van der Waals surface area contributed by atoms with Crippen LogP contribution in [0.25, 0.3) is 0 Å². The van der Waals surface area contributed by atoms with Crippen molar-refractivity contribution in [2.75, 3.05) is 0 Å². The average Bonchev–Trinajstić information content (AvgIpc) is 2.51. The molecule has 0 aliphatic carbocycles. The van der Waals surface area contributed by atoms with Crippen molar-refractivity contribution in [1.82, 2.24) is 4.90 Å². The summed E-state index contributed by atoms with van der Waals surface area (Å²) in [6, 6.07) is 22.6. The fourth-order valence-corrected chi connectivity index (χ4v) is 3.69. The first-order valence-corrected chi connectivity index (χ1v) is 7.78. The molecule has 1 heterocycles. The zero-order valence-corrected chi connectivity index (χ0v) is 12.8. The van der Waals surface area contributed by atoms with Crippen LogP contribution in [0.15, 0.2) is 60.7 Å². The van der Waals surface area contributed by atoms with Crippen LogP contribution in [0.3, 0.4) is 0 Å². The monoisotopic (exact) mass is 280 g/mol. The molecule has 21 heavy (non-hydrogen) atoms. The van der Waals surface area contributed by atoms with Gasteiger partial charge in [-0.3, -0.25) is 4.90 Å². The van der Waals surface area contributed by atoms with Crippen molar-refractivity contribution in [3.63, 3.8) is 0 Å². The number of hydrogen-bond donors (Lipinski definition) is 1. The van der Waals surface area contributed by atoms with E-state index in [1.807, 2.05) is 0 Å². The highest BCUT2D eigenvalue weighted by Crippen LogP contribution is 2.42. The van der Waals surface area contributed by atoms with Crippen LogP contribution in [0.5, 0.6) is 0 Å². The van der Waals surface area contributed by atoms with Crippen LogP contribution in [0.4, 0.5) is 0 Å². The van der Waals surface area contributed by atoms with E-state index >= 15 is 0 Å². The minimum Gasteiger partial charge on any atom is -0.327 e. The predicted molar refractivity (Wildman–Crippen MR) is 88.1 cm³/mol. The molecule has 0 spiro atoms. The molecule has 2 N–H and O–H groups in total. The van der Waals surface area contributed by atoms with Crippen LogP contribution in [-0.2, 0) is 6.54 Å². The van der Waals surface area contributed by atoms with Gasteiger partial charge in [-0.2, -0.15) is 0 Å². The normalized spacial score (nSPS) is 27.1. The Morgan fingerprint density at radius 1 is 1.00 bits per heavy atom. The molecule has 1 aliphatic heterocycles. The summed E-state index contributed by atoms with van der Waals surface area (Å²) in [4.78, 5) is 2.54. The molecule has 0 aromatic heterocycles. The molecular formula is C19H24N2. The van der Waals surface area contributed by atoms with E-state index in [0.29, 0.717) is 18.0 Å². The molecular weight excluding hydrogens is 256 g/mol. The maximum absolute atomic E-state index is 6.29. The van der Waals surface area contributed by atoms with Crippen LogP contribution < -0.4 is 5.73 Å². The lowest BCUT2D eigenvalue weighted by Gasteiger charge is -2.56. The molecule has 1 aliphatic rings. The second-order valence-electron chi connectivity index (χ2n) is 6.18. The van der Waals surface area contributed by atoms with Crippen molar-refractivity contribution in [3.05, 3.63) is 71.8 Å². The SMILES string of the molecule is C[C@H](N)[C@H]1[C@H](c2ccccc2)[C@H](C)N1Cc1ccccc1. The second-order valence-corrected chi connectivity index (χ2v) is 6.18. The lowest BCUT2D eigenvalue weighted by Crippen LogP contribution is -2.66. The summed E-state index contributed by atoms with van der Waals surface area (Å²) in [5.41, 5.74) is 9.07.